The van der Waals surface area contributed by atoms with Gasteiger partial charge in [-0.25, -0.2) is 0 Å². The maximum Gasteiger partial charge on any atom is 0.259 e. The number of carbonyl (C=O) groups excluding carboxylic acids is 1. The number of hydrogen-bond acceptors (Lipinski definition) is 3. The molecule has 37 heavy (non-hydrogen) atoms. The first-order valence-corrected chi connectivity index (χ1v) is 15.2. The molecule has 0 atom stereocenters. The molecule has 4 nitrogen and oxygen atoms in total. The third-order valence-corrected chi connectivity index (χ3v) is 7.45. The van der Waals surface area contributed by atoms with Crippen LogP contribution in [0.3, 0.4) is 0 Å². The van der Waals surface area contributed by atoms with Gasteiger partial charge in [-0.1, -0.05) is 113 Å². The Hall–Kier alpha value is -2.37. The molecule has 1 heterocycles. The Morgan fingerprint density at radius 1 is 0.892 bits per heavy atom. The fourth-order valence-corrected chi connectivity index (χ4v) is 5.14. The van der Waals surface area contributed by atoms with Crippen LogP contribution < -0.4 is 14.6 Å². The number of anilines is 1. The van der Waals surface area contributed by atoms with Crippen LogP contribution in [-0.4, -0.2) is 12.5 Å². The summed E-state index contributed by atoms with van der Waals surface area (Å²) in [5, 5.41) is 5.61. The molecule has 3 aromatic rings. The molecule has 0 aliphatic heterocycles. The fourth-order valence-electron chi connectivity index (χ4n) is 4.38. The lowest BCUT2D eigenvalue weighted by molar-refractivity contribution is -0.683. The molecule has 0 spiro atoms. The number of carbonyl (C=O) groups is 1. The van der Waals surface area contributed by atoms with Gasteiger partial charge in [0.1, 0.15) is 5.75 Å². The number of nitrogens with one attached hydrogen (secondary N) is 1. The van der Waals surface area contributed by atoms with E-state index in [0.717, 1.165) is 25.1 Å². The van der Waals surface area contributed by atoms with Crippen LogP contribution in [-0.2, 0) is 6.54 Å². The van der Waals surface area contributed by atoms with Crippen molar-refractivity contribution >= 4 is 34.5 Å². The lowest BCUT2D eigenvalue weighted by Gasteiger charge is -2.12. The third-order valence-electron chi connectivity index (χ3n) is 6.55. The van der Waals surface area contributed by atoms with E-state index in [4.69, 9.17) is 16.3 Å². The number of benzene rings is 2. The summed E-state index contributed by atoms with van der Waals surface area (Å²) in [5.41, 5.74) is 4.51. The van der Waals surface area contributed by atoms with Crippen molar-refractivity contribution in [1.82, 2.24) is 0 Å². The molecule has 1 N–H and O–H groups in total. The van der Waals surface area contributed by atoms with Crippen LogP contribution in [0.15, 0.2) is 59.6 Å². The molecule has 6 heteroatoms. The third kappa shape index (κ3) is 11.3. The Morgan fingerprint density at radius 3 is 2.16 bits per heavy atom. The Balaban J connectivity index is 1.36. The Labute approximate surface area is 232 Å². The van der Waals surface area contributed by atoms with Crippen LogP contribution in [0, 0.1) is 0 Å². The largest absolute Gasteiger partial charge is 0.493 e. The van der Waals surface area contributed by atoms with E-state index in [1.165, 1.54) is 69.8 Å². The van der Waals surface area contributed by atoms with E-state index in [9.17, 15) is 4.79 Å². The Kier molecular flexibility index (Phi) is 13.6. The van der Waals surface area contributed by atoms with Gasteiger partial charge in [0.15, 0.2) is 12.7 Å². The minimum absolute atomic E-state index is 0.193. The molecular formula is C31H42ClN2O2S+. The molecule has 0 bridgehead atoms. The number of unbranched alkanes of at least 4 members (excludes halogenated alkanes) is 11. The molecule has 0 aliphatic rings. The average molecular weight is 542 g/mol. The zero-order chi connectivity index (χ0) is 26.1. The zero-order valence-corrected chi connectivity index (χ0v) is 23.8. The molecule has 0 aliphatic carbocycles. The van der Waals surface area contributed by atoms with Gasteiger partial charge in [0.2, 0.25) is 5.51 Å². The molecule has 1 aromatic heterocycles. The van der Waals surface area contributed by atoms with Gasteiger partial charge < -0.3 is 10.1 Å². The summed E-state index contributed by atoms with van der Waals surface area (Å²) in [6, 6.07) is 13.1. The Bertz CT molecular complexity index is 1040. The summed E-state index contributed by atoms with van der Waals surface area (Å²) >= 11 is 7.87. The van der Waals surface area contributed by atoms with Gasteiger partial charge in [-0.2, -0.15) is 4.57 Å². The van der Waals surface area contributed by atoms with Gasteiger partial charge >= 0.3 is 0 Å². The summed E-state index contributed by atoms with van der Waals surface area (Å²) in [7, 11) is 0. The van der Waals surface area contributed by atoms with Crippen molar-refractivity contribution in [2.45, 2.75) is 90.5 Å². The van der Waals surface area contributed by atoms with E-state index in [-0.39, 0.29) is 5.91 Å². The first-order chi connectivity index (χ1) is 18.2. The van der Waals surface area contributed by atoms with Crippen molar-refractivity contribution in [3.8, 4) is 5.75 Å². The van der Waals surface area contributed by atoms with E-state index in [1.54, 1.807) is 29.5 Å². The van der Waals surface area contributed by atoms with Gasteiger partial charge in [0.05, 0.1) is 17.6 Å². The number of ether oxygens (including phenoxy) is 1. The van der Waals surface area contributed by atoms with Gasteiger partial charge in [-0.3, -0.25) is 4.79 Å². The van der Waals surface area contributed by atoms with Crippen LogP contribution in [0.5, 0.6) is 5.75 Å². The second kappa shape index (κ2) is 17.2. The van der Waals surface area contributed by atoms with Crippen LogP contribution in [0.1, 0.15) is 99.9 Å². The number of amides is 1. The molecular weight excluding hydrogens is 500 g/mol. The summed E-state index contributed by atoms with van der Waals surface area (Å²) < 4.78 is 8.13. The molecule has 0 saturated carbocycles. The molecule has 0 saturated heterocycles. The Morgan fingerprint density at radius 2 is 1.54 bits per heavy atom. The highest BCUT2D eigenvalue weighted by molar-refractivity contribution is 7.07. The highest BCUT2D eigenvalue weighted by atomic mass is 35.5. The molecule has 0 unspecified atom stereocenters. The molecule has 1 amide bonds. The van der Waals surface area contributed by atoms with E-state index < -0.39 is 0 Å². The number of halogens is 1. The average Bonchev–Trinajstić information content (AvgIpc) is 3.41. The van der Waals surface area contributed by atoms with Crippen molar-refractivity contribution in [2.24, 2.45) is 0 Å². The number of rotatable bonds is 18. The normalized spacial score (nSPS) is 11.0. The maximum atomic E-state index is 13.0. The van der Waals surface area contributed by atoms with Gasteiger partial charge in [-0.15, -0.1) is 0 Å². The van der Waals surface area contributed by atoms with Gasteiger partial charge in [0.25, 0.3) is 5.91 Å². The van der Waals surface area contributed by atoms with Crippen molar-refractivity contribution in [2.75, 3.05) is 11.9 Å². The lowest BCUT2D eigenvalue weighted by Crippen LogP contribution is -2.30. The van der Waals surface area contributed by atoms with E-state index in [0.29, 0.717) is 22.9 Å². The standard InChI is InChI=1S/C31H41ClN2O2S/c1-2-3-4-5-6-7-8-9-10-11-12-13-21-36-30-23-27(32)16-19-29(30)31(35)33-28-17-14-26(15-18-28)24-34-20-22-37-25-34/h14-20,22-23,25H,2-13,21,24H2,1H3/p+1. The molecule has 3 rings (SSSR count). The van der Waals surface area contributed by atoms with E-state index in [2.05, 4.69) is 33.9 Å². The minimum Gasteiger partial charge on any atom is -0.493 e. The predicted molar refractivity (Wildman–Crippen MR) is 156 cm³/mol. The SMILES string of the molecule is CCCCCCCCCCCCCCOc1cc(Cl)ccc1C(=O)Nc1ccc(C[n+]2ccsc2)cc1. The zero-order valence-electron chi connectivity index (χ0n) is 22.2. The molecule has 0 radical (unpaired) electrons. The highest BCUT2D eigenvalue weighted by Gasteiger charge is 2.14. The van der Waals surface area contributed by atoms with Crippen LogP contribution in [0.25, 0.3) is 0 Å². The first kappa shape index (κ1) is 29.2. The molecule has 2 aromatic carbocycles. The summed E-state index contributed by atoms with van der Waals surface area (Å²) in [4.78, 5) is 13.0. The smallest absolute Gasteiger partial charge is 0.259 e. The number of aromatic nitrogens is 1. The molecule has 200 valence electrons. The number of thiazole rings is 1. The summed E-state index contributed by atoms with van der Waals surface area (Å²) in [5.74, 6) is 0.347. The van der Waals surface area contributed by atoms with E-state index >= 15 is 0 Å². The highest BCUT2D eigenvalue weighted by Crippen LogP contribution is 2.25. The van der Waals surface area contributed by atoms with Gasteiger partial charge in [0, 0.05) is 16.3 Å². The maximum absolute atomic E-state index is 13.0. The van der Waals surface area contributed by atoms with Crippen molar-refractivity contribution in [3.05, 3.63) is 75.7 Å². The van der Waals surface area contributed by atoms with Crippen LogP contribution >= 0.6 is 22.9 Å². The topological polar surface area (TPSA) is 42.2 Å². The van der Waals surface area contributed by atoms with Crippen molar-refractivity contribution in [3.63, 3.8) is 0 Å². The fraction of sp³-hybridized carbons (Fsp3) is 0.484. The second-order valence-corrected chi connectivity index (χ2v) is 10.9. The summed E-state index contributed by atoms with van der Waals surface area (Å²) in [6.45, 7) is 3.67. The first-order valence-electron chi connectivity index (χ1n) is 13.9. The minimum atomic E-state index is -0.193. The van der Waals surface area contributed by atoms with E-state index in [1.807, 2.05) is 24.3 Å². The lowest BCUT2D eigenvalue weighted by atomic mass is 10.1. The van der Waals surface area contributed by atoms with Crippen molar-refractivity contribution in [1.29, 1.82) is 0 Å². The molecule has 0 fully saturated rings. The van der Waals surface area contributed by atoms with Gasteiger partial charge in [-0.05, 0) is 36.8 Å². The quantitative estimate of drug-likeness (QED) is 0.129. The monoisotopic (exact) mass is 541 g/mol. The number of hydrogen-bond donors (Lipinski definition) is 1. The second-order valence-electron chi connectivity index (χ2n) is 9.73. The summed E-state index contributed by atoms with van der Waals surface area (Å²) in [6.07, 6.45) is 17.7. The van der Waals surface area contributed by atoms with Crippen LogP contribution in [0.4, 0.5) is 5.69 Å². The van der Waals surface area contributed by atoms with Crippen molar-refractivity contribution < 1.29 is 14.1 Å². The van der Waals surface area contributed by atoms with Crippen LogP contribution in [0.2, 0.25) is 5.02 Å². The number of nitrogens with zero attached hydrogens (tertiary/aromatic N) is 1. The predicted octanol–water partition coefficient (Wildman–Crippen LogP) is 9.07.